The topological polar surface area (TPSA) is 133 Å². The maximum absolute atomic E-state index is 12.8. The number of hydrogen-bond acceptors (Lipinski definition) is 11. The van der Waals surface area contributed by atoms with E-state index in [0.29, 0.717) is 43.5 Å². The lowest BCUT2D eigenvalue weighted by molar-refractivity contribution is -0.00263. The second kappa shape index (κ2) is 17.9. The van der Waals surface area contributed by atoms with Crippen LogP contribution in [0.25, 0.3) is 5.70 Å². The number of pyridine rings is 1. The summed E-state index contributed by atoms with van der Waals surface area (Å²) in [6.07, 6.45) is 4.57. The van der Waals surface area contributed by atoms with Gasteiger partial charge in [0.1, 0.15) is 11.9 Å². The number of carbonyl (C=O) groups excluding carboxylic acids is 1. The van der Waals surface area contributed by atoms with Gasteiger partial charge in [0.15, 0.2) is 0 Å². The van der Waals surface area contributed by atoms with Crippen LogP contribution in [0.15, 0.2) is 28.7 Å². The van der Waals surface area contributed by atoms with Gasteiger partial charge in [0.25, 0.3) is 5.91 Å². The summed E-state index contributed by atoms with van der Waals surface area (Å²) in [6.45, 7) is 10.9. The van der Waals surface area contributed by atoms with Gasteiger partial charge in [-0.05, 0) is 64.3 Å². The van der Waals surface area contributed by atoms with Crippen LogP contribution in [0.4, 0.5) is 5.82 Å². The fourth-order valence-corrected chi connectivity index (χ4v) is 5.67. The molecule has 1 aliphatic rings. The molecule has 2 heterocycles. The fraction of sp³-hybridized carbons (Fsp3) is 0.536. The van der Waals surface area contributed by atoms with Gasteiger partial charge < -0.3 is 30.2 Å². The molecule has 1 fully saturated rings. The average Bonchev–Trinajstić information content (AvgIpc) is 3.29. The zero-order valence-electron chi connectivity index (χ0n) is 24.1. The number of aliphatic hydroxyl groups excluding tert-OH is 1. The molecule has 2 aromatic rings. The van der Waals surface area contributed by atoms with Gasteiger partial charge in [-0.3, -0.25) is 9.79 Å². The Kier molecular flexibility index (Phi) is 15.0. The number of aliphatic imine (C=N–C) groups is 1. The highest BCUT2D eigenvalue weighted by Gasteiger charge is 2.25. The summed E-state index contributed by atoms with van der Waals surface area (Å²) in [5.41, 5.74) is 3.08. The van der Waals surface area contributed by atoms with Crippen LogP contribution in [-0.4, -0.2) is 90.3 Å². The highest BCUT2D eigenvalue weighted by atomic mass is 32.2. The number of rotatable bonds is 13. The van der Waals surface area contributed by atoms with E-state index in [9.17, 15) is 4.79 Å². The monoisotopic (exact) mass is 590 g/mol. The summed E-state index contributed by atoms with van der Waals surface area (Å²) in [6, 6.07) is 3.72. The first kappa shape index (κ1) is 33.6. The molecule has 3 rings (SSSR count). The molecule has 40 heavy (non-hydrogen) atoms. The molecule has 12 heteroatoms. The smallest absolute Gasteiger partial charge is 0.255 e. The molecular formula is C28H42N6O4S2. The lowest BCUT2D eigenvalue weighted by Gasteiger charge is -2.31. The van der Waals surface area contributed by atoms with E-state index >= 15 is 0 Å². The minimum absolute atomic E-state index is 0.0482. The third-order valence-electron chi connectivity index (χ3n) is 6.09. The number of anilines is 1. The number of methoxy groups -OCH3 is 1. The van der Waals surface area contributed by atoms with E-state index in [4.69, 9.17) is 15.3 Å². The van der Waals surface area contributed by atoms with Crippen molar-refractivity contribution in [3.8, 4) is 0 Å². The molecule has 2 atom stereocenters. The van der Waals surface area contributed by atoms with Crippen molar-refractivity contribution in [1.82, 2.24) is 14.9 Å². The van der Waals surface area contributed by atoms with Crippen molar-refractivity contribution >= 4 is 52.9 Å². The Bertz CT molecular complexity index is 1120. The van der Waals surface area contributed by atoms with Gasteiger partial charge in [0.05, 0.1) is 45.9 Å². The third-order valence-corrected chi connectivity index (χ3v) is 7.88. The molecule has 3 N–H and O–H groups in total. The molecule has 2 aromatic heterocycles. The first-order valence-corrected chi connectivity index (χ1v) is 15.1. The van der Waals surface area contributed by atoms with Gasteiger partial charge in [-0.2, -0.15) is 0 Å². The molecule has 1 aliphatic carbocycles. The summed E-state index contributed by atoms with van der Waals surface area (Å²) in [5, 5.41) is 23.0. The molecule has 0 radical (unpaired) electrons. The van der Waals surface area contributed by atoms with Crippen LogP contribution >= 0.6 is 23.1 Å². The zero-order valence-corrected chi connectivity index (χ0v) is 25.7. The second-order valence-electron chi connectivity index (χ2n) is 9.27. The maximum Gasteiger partial charge on any atom is 0.255 e. The number of amides is 1. The first-order chi connectivity index (χ1) is 19.2. The number of nitrogens with one attached hydrogen (secondary N) is 2. The Morgan fingerprint density at radius 1 is 1.43 bits per heavy atom. The molecule has 0 spiro atoms. The number of aryl methyl sites for hydroxylation is 2. The summed E-state index contributed by atoms with van der Waals surface area (Å²) >= 11 is 3.18. The number of thioether (sulfide) groups is 1. The summed E-state index contributed by atoms with van der Waals surface area (Å²) in [4.78, 5) is 28.5. The van der Waals surface area contributed by atoms with E-state index in [1.807, 2.05) is 39.3 Å². The molecule has 0 bridgehead atoms. The Morgan fingerprint density at radius 2 is 2.20 bits per heavy atom. The van der Waals surface area contributed by atoms with Crippen LogP contribution in [0, 0.1) is 19.3 Å². The predicted molar refractivity (Wildman–Crippen MR) is 166 cm³/mol. The summed E-state index contributed by atoms with van der Waals surface area (Å²) < 4.78 is 9.59. The molecule has 0 aromatic carbocycles. The first-order valence-electron chi connectivity index (χ1n) is 13.2. The molecule has 1 amide bonds. The van der Waals surface area contributed by atoms with Crippen LogP contribution in [0.3, 0.4) is 0 Å². The van der Waals surface area contributed by atoms with Crippen molar-refractivity contribution in [1.29, 1.82) is 5.41 Å². The van der Waals surface area contributed by atoms with Crippen LogP contribution in [0.5, 0.6) is 0 Å². The highest BCUT2D eigenvalue weighted by Crippen LogP contribution is 2.28. The van der Waals surface area contributed by atoms with E-state index in [0.717, 1.165) is 46.2 Å². The Labute approximate surface area is 245 Å². The Morgan fingerprint density at radius 3 is 2.77 bits per heavy atom. The van der Waals surface area contributed by atoms with Crippen molar-refractivity contribution < 1.29 is 19.4 Å². The highest BCUT2D eigenvalue weighted by molar-refractivity contribution is 8.02. The number of nitrogens with zero attached hydrogens (tertiary/aromatic N) is 4. The lowest BCUT2D eigenvalue weighted by Crippen LogP contribution is -2.40. The van der Waals surface area contributed by atoms with Crippen LogP contribution in [0.2, 0.25) is 0 Å². The summed E-state index contributed by atoms with van der Waals surface area (Å²) in [5.74, 6) is 1.27. The molecule has 10 nitrogen and oxygen atoms in total. The number of ether oxygens (including phenoxy) is 2. The van der Waals surface area contributed by atoms with E-state index in [-0.39, 0.29) is 11.9 Å². The van der Waals surface area contributed by atoms with Gasteiger partial charge in [0.2, 0.25) is 0 Å². The minimum Gasteiger partial charge on any atom is -0.388 e. The zero-order chi connectivity index (χ0) is 29.5. The van der Waals surface area contributed by atoms with Gasteiger partial charge in [0, 0.05) is 45.1 Å². The van der Waals surface area contributed by atoms with Crippen molar-refractivity contribution in [3.05, 3.63) is 44.9 Å². The SMILES string of the molecule is C=N/C(=C\SCNc1ccc(C(=O)N(C)[C@@H]2CCCC(=N)C2)cn1)c1sc(C)nc1C.CCOCC(O)COC. The largest absolute Gasteiger partial charge is 0.388 e. The molecule has 1 unspecified atom stereocenters. The lowest BCUT2D eigenvalue weighted by atomic mass is 9.92. The maximum atomic E-state index is 12.8. The number of aliphatic hydroxyl groups is 1. The molecule has 1 saturated carbocycles. The van der Waals surface area contributed by atoms with Crippen LogP contribution < -0.4 is 5.32 Å². The minimum atomic E-state index is -0.477. The van der Waals surface area contributed by atoms with E-state index in [1.54, 1.807) is 47.4 Å². The number of aromatic nitrogens is 2. The number of hydrogen-bond donors (Lipinski definition) is 3. The second-order valence-corrected chi connectivity index (χ2v) is 11.3. The predicted octanol–water partition coefficient (Wildman–Crippen LogP) is 5.02. The van der Waals surface area contributed by atoms with Gasteiger partial charge in [-0.15, -0.1) is 23.1 Å². The number of thiazole rings is 1. The van der Waals surface area contributed by atoms with Gasteiger partial charge >= 0.3 is 0 Å². The van der Waals surface area contributed by atoms with Crippen molar-refractivity contribution in [2.24, 2.45) is 4.99 Å². The fourth-order valence-electron chi connectivity index (χ4n) is 4.03. The summed E-state index contributed by atoms with van der Waals surface area (Å²) in [7, 11) is 3.37. The molecule has 220 valence electrons. The molecule has 0 aliphatic heterocycles. The average molecular weight is 591 g/mol. The van der Waals surface area contributed by atoms with Crippen LogP contribution in [0.1, 0.15) is 58.5 Å². The quantitative estimate of drug-likeness (QED) is 0.168. The van der Waals surface area contributed by atoms with Gasteiger partial charge in [-0.1, -0.05) is 0 Å². The Hall–Kier alpha value is -2.64. The third kappa shape index (κ3) is 11.1. The Balaban J connectivity index is 0.000000536. The van der Waals surface area contributed by atoms with Crippen molar-refractivity contribution in [2.45, 2.75) is 58.6 Å². The van der Waals surface area contributed by atoms with E-state index < -0.39 is 6.10 Å². The van der Waals surface area contributed by atoms with E-state index in [2.05, 4.69) is 31.7 Å². The molecular weight excluding hydrogens is 548 g/mol. The van der Waals surface area contributed by atoms with E-state index in [1.165, 1.54) is 0 Å². The standard InChI is InChI=1S/C22H28N6OS2.C6H14O3/c1-14-21(31-15(2)27-14)19(24-3)12-30-13-26-20-9-8-16(11-25-20)22(29)28(4)18-7-5-6-17(23)10-18;1-3-9-5-6(7)4-8-2/h8-9,11-12,18,23H,3,5-7,10,13H2,1-2,4H3,(H,25,26);6-7H,3-5H2,1-2H3/b19-12-,23-17?;/t18-;/m1./s1. The normalized spacial score (nSPS) is 16.1. The van der Waals surface area contributed by atoms with Crippen molar-refractivity contribution in [2.75, 3.05) is 45.2 Å². The van der Waals surface area contributed by atoms with Crippen LogP contribution in [-0.2, 0) is 9.47 Å². The van der Waals surface area contributed by atoms with Gasteiger partial charge in [-0.25, -0.2) is 9.97 Å². The molecule has 0 saturated heterocycles. The number of carbonyl (C=O) groups is 1. The van der Waals surface area contributed by atoms with Crippen molar-refractivity contribution in [3.63, 3.8) is 0 Å².